The zero-order valence-corrected chi connectivity index (χ0v) is 9.69. The Labute approximate surface area is 94.5 Å². The van der Waals surface area contributed by atoms with Gasteiger partial charge in [0.25, 0.3) is 0 Å². The van der Waals surface area contributed by atoms with Crippen molar-refractivity contribution in [2.24, 2.45) is 5.73 Å². The van der Waals surface area contributed by atoms with E-state index in [1.807, 2.05) is 6.92 Å². The van der Waals surface area contributed by atoms with Crippen LogP contribution in [0.2, 0.25) is 0 Å². The lowest BCUT2D eigenvalue weighted by Gasteiger charge is -2.33. The lowest BCUT2D eigenvalue weighted by molar-refractivity contribution is -0.0998. The molecule has 90 valence electrons. The smallest absolute Gasteiger partial charge is 0.182 e. The molecule has 1 atom stereocenters. The minimum atomic E-state index is -0.415. The van der Waals surface area contributed by atoms with Gasteiger partial charge in [0.05, 0.1) is 6.04 Å². The SMILES string of the molecule is COC1(c2n[nH]c(C(C)N)n2)CCOCC1. The van der Waals surface area contributed by atoms with Gasteiger partial charge in [-0.05, 0) is 6.92 Å². The molecule has 1 saturated heterocycles. The number of methoxy groups -OCH3 is 1. The number of aromatic amines is 1. The second-order valence-corrected chi connectivity index (χ2v) is 4.14. The Morgan fingerprint density at radius 2 is 2.19 bits per heavy atom. The fraction of sp³-hybridized carbons (Fsp3) is 0.800. The van der Waals surface area contributed by atoms with Gasteiger partial charge in [-0.25, -0.2) is 4.98 Å². The lowest BCUT2D eigenvalue weighted by atomic mass is 9.93. The van der Waals surface area contributed by atoms with Gasteiger partial charge in [0.2, 0.25) is 0 Å². The first-order valence-corrected chi connectivity index (χ1v) is 5.49. The predicted molar refractivity (Wildman–Crippen MR) is 57.7 cm³/mol. The van der Waals surface area contributed by atoms with Crippen LogP contribution < -0.4 is 5.73 Å². The Kier molecular flexibility index (Phi) is 3.22. The summed E-state index contributed by atoms with van der Waals surface area (Å²) >= 11 is 0. The van der Waals surface area contributed by atoms with Gasteiger partial charge in [-0.2, -0.15) is 5.10 Å². The molecule has 1 aliphatic heterocycles. The second-order valence-electron chi connectivity index (χ2n) is 4.14. The number of H-pyrrole nitrogens is 1. The van der Waals surface area contributed by atoms with E-state index < -0.39 is 5.60 Å². The van der Waals surface area contributed by atoms with Crippen molar-refractivity contribution >= 4 is 0 Å². The van der Waals surface area contributed by atoms with Crippen molar-refractivity contribution in [2.75, 3.05) is 20.3 Å². The number of hydrogen-bond acceptors (Lipinski definition) is 5. The van der Waals surface area contributed by atoms with Crippen molar-refractivity contribution in [3.05, 3.63) is 11.6 Å². The van der Waals surface area contributed by atoms with Crippen molar-refractivity contribution in [1.29, 1.82) is 0 Å². The zero-order valence-electron chi connectivity index (χ0n) is 9.69. The van der Waals surface area contributed by atoms with Crippen molar-refractivity contribution in [3.63, 3.8) is 0 Å². The van der Waals surface area contributed by atoms with Gasteiger partial charge in [0, 0.05) is 33.2 Å². The van der Waals surface area contributed by atoms with Crippen LogP contribution in [0.3, 0.4) is 0 Å². The summed E-state index contributed by atoms with van der Waals surface area (Å²) in [7, 11) is 1.69. The first kappa shape index (κ1) is 11.5. The molecule has 6 nitrogen and oxygen atoms in total. The molecule has 0 radical (unpaired) electrons. The predicted octanol–water partition coefficient (Wildman–Crippen LogP) is 0.476. The molecule has 1 unspecified atom stereocenters. The van der Waals surface area contributed by atoms with Crippen LogP contribution in [0.1, 0.15) is 37.5 Å². The number of ether oxygens (including phenoxy) is 2. The van der Waals surface area contributed by atoms with E-state index in [2.05, 4.69) is 15.2 Å². The third-order valence-electron chi connectivity index (χ3n) is 3.03. The fourth-order valence-corrected chi connectivity index (χ4v) is 1.90. The van der Waals surface area contributed by atoms with Crippen molar-refractivity contribution < 1.29 is 9.47 Å². The summed E-state index contributed by atoms with van der Waals surface area (Å²) in [4.78, 5) is 4.40. The van der Waals surface area contributed by atoms with Gasteiger partial charge >= 0.3 is 0 Å². The number of hydrogen-bond donors (Lipinski definition) is 2. The topological polar surface area (TPSA) is 86.0 Å². The zero-order chi connectivity index (χ0) is 11.6. The molecule has 16 heavy (non-hydrogen) atoms. The van der Waals surface area contributed by atoms with Gasteiger partial charge in [0.15, 0.2) is 5.82 Å². The fourth-order valence-electron chi connectivity index (χ4n) is 1.90. The first-order valence-electron chi connectivity index (χ1n) is 5.49. The molecule has 3 N–H and O–H groups in total. The molecule has 0 spiro atoms. The molecule has 0 bridgehead atoms. The van der Waals surface area contributed by atoms with Crippen LogP contribution in [-0.4, -0.2) is 35.5 Å². The molecule has 2 rings (SSSR count). The Bertz CT molecular complexity index is 344. The Morgan fingerprint density at radius 3 is 2.69 bits per heavy atom. The first-order chi connectivity index (χ1) is 7.68. The highest BCUT2D eigenvalue weighted by Crippen LogP contribution is 2.33. The summed E-state index contributed by atoms with van der Waals surface area (Å²) in [5.74, 6) is 1.38. The van der Waals surface area contributed by atoms with Gasteiger partial charge in [-0.1, -0.05) is 0 Å². The van der Waals surface area contributed by atoms with Gasteiger partial charge in [0.1, 0.15) is 11.4 Å². The molecule has 0 aliphatic carbocycles. The highest BCUT2D eigenvalue weighted by molar-refractivity contribution is 5.06. The minimum Gasteiger partial charge on any atom is -0.381 e. The van der Waals surface area contributed by atoms with E-state index in [1.165, 1.54) is 0 Å². The van der Waals surface area contributed by atoms with Crippen LogP contribution in [0.4, 0.5) is 0 Å². The number of nitrogens with zero attached hydrogens (tertiary/aromatic N) is 2. The summed E-state index contributed by atoms with van der Waals surface area (Å²) in [5, 5.41) is 7.06. The summed E-state index contributed by atoms with van der Waals surface area (Å²) in [6.07, 6.45) is 1.56. The molecular weight excluding hydrogens is 208 g/mol. The molecule has 2 heterocycles. The quantitative estimate of drug-likeness (QED) is 0.782. The van der Waals surface area contributed by atoms with Crippen LogP contribution in [0.15, 0.2) is 0 Å². The van der Waals surface area contributed by atoms with E-state index in [4.69, 9.17) is 15.2 Å². The Hall–Kier alpha value is -0.980. The Balaban J connectivity index is 2.25. The summed E-state index contributed by atoms with van der Waals surface area (Å²) in [5.41, 5.74) is 5.33. The van der Waals surface area contributed by atoms with Crippen LogP contribution in [0.5, 0.6) is 0 Å². The van der Waals surface area contributed by atoms with E-state index in [0.29, 0.717) is 24.9 Å². The normalized spacial score (nSPS) is 21.9. The molecule has 1 aliphatic rings. The molecule has 6 heteroatoms. The average Bonchev–Trinajstić information content (AvgIpc) is 2.80. The van der Waals surface area contributed by atoms with E-state index in [1.54, 1.807) is 7.11 Å². The van der Waals surface area contributed by atoms with Gasteiger partial charge in [-0.3, -0.25) is 5.10 Å². The summed E-state index contributed by atoms with van der Waals surface area (Å²) in [6, 6.07) is -0.144. The average molecular weight is 226 g/mol. The van der Waals surface area contributed by atoms with E-state index >= 15 is 0 Å². The number of aromatic nitrogens is 3. The highest BCUT2D eigenvalue weighted by Gasteiger charge is 2.38. The molecule has 0 aromatic carbocycles. The van der Waals surface area contributed by atoms with Gasteiger partial charge in [-0.15, -0.1) is 0 Å². The van der Waals surface area contributed by atoms with Crippen LogP contribution >= 0.6 is 0 Å². The third kappa shape index (κ3) is 1.95. The maximum atomic E-state index is 5.74. The molecule has 0 amide bonds. The number of nitrogens with two attached hydrogens (primary N) is 1. The largest absolute Gasteiger partial charge is 0.381 e. The monoisotopic (exact) mass is 226 g/mol. The molecule has 1 aromatic rings. The van der Waals surface area contributed by atoms with Crippen molar-refractivity contribution in [3.8, 4) is 0 Å². The van der Waals surface area contributed by atoms with Crippen LogP contribution in [0, 0.1) is 0 Å². The molecule has 1 aromatic heterocycles. The minimum absolute atomic E-state index is 0.144. The molecule has 0 saturated carbocycles. The third-order valence-corrected chi connectivity index (χ3v) is 3.03. The number of nitrogens with one attached hydrogen (secondary N) is 1. The maximum Gasteiger partial charge on any atom is 0.182 e. The second kappa shape index (κ2) is 4.48. The van der Waals surface area contributed by atoms with E-state index in [-0.39, 0.29) is 6.04 Å². The number of rotatable bonds is 3. The maximum absolute atomic E-state index is 5.74. The summed E-state index contributed by atoms with van der Waals surface area (Å²) in [6.45, 7) is 3.22. The molecular formula is C10H18N4O2. The van der Waals surface area contributed by atoms with Gasteiger partial charge < -0.3 is 15.2 Å². The lowest BCUT2D eigenvalue weighted by Crippen LogP contribution is -2.36. The van der Waals surface area contributed by atoms with Crippen molar-refractivity contribution in [2.45, 2.75) is 31.4 Å². The van der Waals surface area contributed by atoms with Crippen LogP contribution in [0.25, 0.3) is 0 Å². The highest BCUT2D eigenvalue weighted by atomic mass is 16.5. The Morgan fingerprint density at radius 1 is 1.50 bits per heavy atom. The molecule has 1 fully saturated rings. The summed E-state index contributed by atoms with van der Waals surface area (Å²) < 4.78 is 10.9. The van der Waals surface area contributed by atoms with Crippen LogP contribution in [-0.2, 0) is 15.1 Å². The van der Waals surface area contributed by atoms with E-state index in [9.17, 15) is 0 Å². The van der Waals surface area contributed by atoms with E-state index in [0.717, 1.165) is 12.8 Å². The standard InChI is InChI=1S/C10H18N4O2/c1-7(11)8-12-9(14-13-8)10(15-2)3-5-16-6-4-10/h7H,3-6,11H2,1-2H3,(H,12,13,14). The van der Waals surface area contributed by atoms with Crippen molar-refractivity contribution in [1.82, 2.24) is 15.2 Å².